The van der Waals surface area contributed by atoms with Crippen LogP contribution in [0.25, 0.3) is 10.9 Å². The zero-order valence-corrected chi connectivity index (χ0v) is 19.4. The van der Waals surface area contributed by atoms with Crippen molar-refractivity contribution in [3.05, 3.63) is 94.2 Å². The quantitative estimate of drug-likeness (QED) is 0.435. The summed E-state index contributed by atoms with van der Waals surface area (Å²) in [6.07, 6.45) is 1.71. The van der Waals surface area contributed by atoms with Crippen LogP contribution >= 0.6 is 0 Å². The Labute approximate surface area is 202 Å². The lowest BCUT2D eigenvalue weighted by atomic mass is 9.85. The summed E-state index contributed by atoms with van der Waals surface area (Å²) in [5.74, 6) is -0.0859. The molecule has 2 aliphatic heterocycles. The number of nitrogens with zero attached hydrogens (tertiary/aromatic N) is 2. The fourth-order valence-electron chi connectivity index (χ4n) is 5.70. The van der Waals surface area contributed by atoms with E-state index in [9.17, 15) is 13.9 Å². The zero-order chi connectivity index (χ0) is 24.1. The highest BCUT2D eigenvalue weighted by Crippen LogP contribution is 2.44. The minimum Gasteiger partial charge on any atom is -0.493 e. The molecule has 35 heavy (non-hydrogen) atoms. The number of fused-ring (bicyclic) bond motifs is 6. The summed E-state index contributed by atoms with van der Waals surface area (Å²) in [5.41, 5.74) is 6.33. The van der Waals surface area contributed by atoms with Gasteiger partial charge < -0.3 is 19.1 Å². The van der Waals surface area contributed by atoms with E-state index in [4.69, 9.17) is 9.47 Å². The standard InChI is InChI=1S/C28H26F2N2O3/c1-34-27-10-18-6-7-31-14-26-23(21-4-2-3-5-24(21)32(26)16-33)12-25(31)22(18)13-28(27)35-15-17-8-19(29)11-20(30)9-17/h2-5,8-11,13,25,33H,6-7,12,14-16H2,1H3. The third-order valence-corrected chi connectivity index (χ3v) is 7.30. The molecule has 0 bridgehead atoms. The lowest BCUT2D eigenvalue weighted by Gasteiger charge is -2.41. The Bertz CT molecular complexity index is 1410. The Hall–Kier alpha value is -3.42. The number of hydrogen-bond acceptors (Lipinski definition) is 4. The number of aliphatic hydroxyl groups is 1. The third kappa shape index (κ3) is 3.75. The SMILES string of the molecule is COc1cc2c(cc1OCc1cc(F)cc(F)c1)C1Cc3c(n(CO)c4ccccc34)CN1CC2. The van der Waals surface area contributed by atoms with Gasteiger partial charge in [-0.25, -0.2) is 8.78 Å². The number of methoxy groups -OCH3 is 1. The highest BCUT2D eigenvalue weighted by molar-refractivity contribution is 5.86. The molecule has 4 aromatic rings. The van der Waals surface area contributed by atoms with E-state index in [1.54, 1.807) is 7.11 Å². The second-order valence-corrected chi connectivity index (χ2v) is 9.22. The van der Waals surface area contributed by atoms with Gasteiger partial charge in [0.15, 0.2) is 11.5 Å². The average Bonchev–Trinajstić information content (AvgIpc) is 3.17. The van der Waals surface area contributed by atoms with Crippen molar-refractivity contribution >= 4 is 10.9 Å². The van der Waals surface area contributed by atoms with E-state index < -0.39 is 11.6 Å². The molecule has 6 rings (SSSR count). The Balaban J connectivity index is 1.36. The van der Waals surface area contributed by atoms with E-state index in [0.717, 1.165) is 37.5 Å². The summed E-state index contributed by atoms with van der Waals surface area (Å²) in [6.45, 7) is 1.67. The minimum atomic E-state index is -0.628. The predicted molar refractivity (Wildman–Crippen MR) is 128 cm³/mol. The Morgan fingerprint density at radius 1 is 1.03 bits per heavy atom. The molecule has 0 radical (unpaired) electrons. The van der Waals surface area contributed by atoms with Crippen molar-refractivity contribution in [1.82, 2.24) is 9.47 Å². The van der Waals surface area contributed by atoms with Crippen LogP contribution in [0.4, 0.5) is 8.78 Å². The molecule has 5 nitrogen and oxygen atoms in total. The van der Waals surface area contributed by atoms with Crippen molar-refractivity contribution in [2.75, 3.05) is 13.7 Å². The first-order valence-corrected chi connectivity index (χ1v) is 11.8. The Morgan fingerprint density at radius 2 is 1.83 bits per heavy atom. The highest BCUT2D eigenvalue weighted by Gasteiger charge is 2.35. The average molecular weight is 477 g/mol. The molecule has 1 atom stereocenters. The molecule has 7 heteroatoms. The first-order chi connectivity index (χ1) is 17.1. The number of aromatic nitrogens is 1. The Morgan fingerprint density at radius 3 is 2.60 bits per heavy atom. The number of halogens is 2. The van der Waals surface area contributed by atoms with E-state index in [2.05, 4.69) is 17.0 Å². The maximum atomic E-state index is 13.6. The van der Waals surface area contributed by atoms with E-state index in [-0.39, 0.29) is 19.4 Å². The predicted octanol–water partition coefficient (Wildman–Crippen LogP) is 5.11. The number of hydrogen-bond donors (Lipinski definition) is 1. The van der Waals surface area contributed by atoms with Crippen molar-refractivity contribution in [3.8, 4) is 11.5 Å². The largest absolute Gasteiger partial charge is 0.493 e. The van der Waals surface area contributed by atoms with Crippen LogP contribution in [0, 0.1) is 11.6 Å². The van der Waals surface area contributed by atoms with Crippen LogP contribution in [0.3, 0.4) is 0 Å². The van der Waals surface area contributed by atoms with E-state index in [1.807, 2.05) is 28.8 Å². The second-order valence-electron chi connectivity index (χ2n) is 9.22. The van der Waals surface area contributed by atoms with Crippen LogP contribution in [-0.4, -0.2) is 28.2 Å². The zero-order valence-electron chi connectivity index (χ0n) is 19.4. The molecular formula is C28H26F2N2O3. The number of para-hydroxylation sites is 1. The summed E-state index contributed by atoms with van der Waals surface area (Å²) in [5, 5.41) is 11.3. The van der Waals surface area contributed by atoms with Gasteiger partial charge in [0.05, 0.1) is 12.6 Å². The van der Waals surface area contributed by atoms with Crippen LogP contribution in [-0.2, 0) is 32.7 Å². The summed E-state index contributed by atoms with van der Waals surface area (Å²) in [6, 6.07) is 15.8. The van der Waals surface area contributed by atoms with Crippen LogP contribution < -0.4 is 9.47 Å². The fourth-order valence-corrected chi connectivity index (χ4v) is 5.70. The van der Waals surface area contributed by atoms with Gasteiger partial charge in [0.1, 0.15) is 25.0 Å². The Kier molecular flexibility index (Phi) is 5.46. The van der Waals surface area contributed by atoms with Crippen molar-refractivity contribution < 1.29 is 23.4 Å². The first kappa shape index (κ1) is 22.1. The van der Waals surface area contributed by atoms with Crippen molar-refractivity contribution in [1.29, 1.82) is 0 Å². The van der Waals surface area contributed by atoms with Gasteiger partial charge in [-0.3, -0.25) is 4.90 Å². The molecule has 1 unspecified atom stereocenters. The van der Waals surface area contributed by atoms with Crippen molar-refractivity contribution in [2.45, 2.75) is 38.8 Å². The molecule has 0 saturated carbocycles. The van der Waals surface area contributed by atoms with Gasteiger partial charge in [-0.1, -0.05) is 18.2 Å². The smallest absolute Gasteiger partial charge is 0.162 e. The van der Waals surface area contributed by atoms with E-state index in [0.29, 0.717) is 17.1 Å². The number of rotatable bonds is 5. The van der Waals surface area contributed by atoms with Gasteiger partial charge in [-0.15, -0.1) is 0 Å². The molecule has 3 aromatic carbocycles. The molecule has 0 spiro atoms. The normalized spacial score (nSPS) is 17.1. The number of ether oxygens (including phenoxy) is 2. The van der Waals surface area contributed by atoms with Crippen LogP contribution in [0.15, 0.2) is 54.6 Å². The fraction of sp³-hybridized carbons (Fsp3) is 0.286. The molecule has 1 N–H and O–H groups in total. The monoisotopic (exact) mass is 476 g/mol. The topological polar surface area (TPSA) is 46.9 Å². The summed E-state index contributed by atoms with van der Waals surface area (Å²) >= 11 is 0. The molecule has 0 saturated heterocycles. The first-order valence-electron chi connectivity index (χ1n) is 11.8. The maximum Gasteiger partial charge on any atom is 0.162 e. The molecular weight excluding hydrogens is 450 g/mol. The van der Waals surface area contributed by atoms with Crippen LogP contribution in [0.2, 0.25) is 0 Å². The minimum absolute atomic E-state index is 0.0341. The lowest BCUT2D eigenvalue weighted by Crippen LogP contribution is -2.39. The lowest BCUT2D eigenvalue weighted by molar-refractivity contribution is 0.145. The number of benzene rings is 3. The van der Waals surface area contributed by atoms with Gasteiger partial charge in [0.25, 0.3) is 0 Å². The van der Waals surface area contributed by atoms with E-state index >= 15 is 0 Å². The van der Waals surface area contributed by atoms with Crippen molar-refractivity contribution in [2.24, 2.45) is 0 Å². The maximum absolute atomic E-state index is 13.6. The van der Waals surface area contributed by atoms with Gasteiger partial charge in [0.2, 0.25) is 0 Å². The van der Waals surface area contributed by atoms with E-state index in [1.165, 1.54) is 39.9 Å². The molecule has 1 aromatic heterocycles. The molecule has 0 amide bonds. The summed E-state index contributed by atoms with van der Waals surface area (Å²) in [4.78, 5) is 2.45. The molecule has 2 aliphatic rings. The second kappa shape index (κ2) is 8.66. The summed E-state index contributed by atoms with van der Waals surface area (Å²) in [7, 11) is 1.60. The van der Waals surface area contributed by atoms with Crippen LogP contribution in [0.1, 0.15) is 34.0 Å². The highest BCUT2D eigenvalue weighted by atomic mass is 19.1. The van der Waals surface area contributed by atoms with Crippen LogP contribution in [0.5, 0.6) is 11.5 Å². The molecule has 0 fully saturated rings. The molecule has 0 aliphatic carbocycles. The van der Waals surface area contributed by atoms with Gasteiger partial charge in [0, 0.05) is 36.3 Å². The summed E-state index contributed by atoms with van der Waals surface area (Å²) < 4.78 is 40.9. The van der Waals surface area contributed by atoms with Gasteiger partial charge >= 0.3 is 0 Å². The molecule has 180 valence electrons. The number of aliphatic hydroxyl groups excluding tert-OH is 1. The molecule has 3 heterocycles. The third-order valence-electron chi connectivity index (χ3n) is 7.30. The van der Waals surface area contributed by atoms with Gasteiger partial charge in [-0.05, 0) is 65.4 Å². The van der Waals surface area contributed by atoms with Crippen molar-refractivity contribution in [3.63, 3.8) is 0 Å². The van der Waals surface area contributed by atoms with Gasteiger partial charge in [-0.2, -0.15) is 0 Å².